The zero-order valence-corrected chi connectivity index (χ0v) is 14.2. The van der Waals surface area contributed by atoms with E-state index in [1.54, 1.807) is 16.7 Å². The highest BCUT2D eigenvalue weighted by Gasteiger charge is 2.30. The van der Waals surface area contributed by atoms with Gasteiger partial charge in [-0.1, -0.05) is 46.1 Å². The molecule has 0 fully saturated rings. The highest BCUT2D eigenvalue weighted by molar-refractivity contribution is 8.04. The summed E-state index contributed by atoms with van der Waals surface area (Å²) in [5.74, 6) is 0. The minimum absolute atomic E-state index is 0.612. The van der Waals surface area contributed by atoms with Crippen LogP contribution in [0.15, 0.2) is 27.7 Å². The maximum atomic E-state index is 3.76. The lowest BCUT2D eigenvalue weighted by Gasteiger charge is -2.09. The predicted octanol–water partition coefficient (Wildman–Crippen LogP) is 6.60. The topological polar surface area (TPSA) is 0 Å². The van der Waals surface area contributed by atoms with E-state index in [1.807, 2.05) is 0 Å². The van der Waals surface area contributed by atoms with Crippen molar-refractivity contribution in [2.75, 3.05) is 0 Å². The number of hydrogen-bond donors (Lipinski definition) is 0. The van der Waals surface area contributed by atoms with Crippen molar-refractivity contribution in [3.05, 3.63) is 33.8 Å². The van der Waals surface area contributed by atoms with Crippen LogP contribution < -0.4 is 0 Å². The van der Waals surface area contributed by atoms with Crippen molar-refractivity contribution in [3.8, 4) is 0 Å². The van der Waals surface area contributed by atoms with Gasteiger partial charge in [0.25, 0.3) is 0 Å². The van der Waals surface area contributed by atoms with Crippen molar-refractivity contribution >= 4 is 11.8 Å². The molecule has 0 aromatic heterocycles. The minimum atomic E-state index is 0.612. The average Bonchev–Trinajstić information content (AvgIpc) is 2.98. The average molecular weight is 290 g/mol. The normalized spacial score (nSPS) is 21.2. The monoisotopic (exact) mass is 289 g/mol. The van der Waals surface area contributed by atoms with Crippen LogP contribution in [-0.2, 0) is 0 Å². The molecule has 0 aromatic carbocycles. The summed E-state index contributed by atoms with van der Waals surface area (Å²) in [5, 5.41) is 0.612. The van der Waals surface area contributed by atoms with E-state index in [9.17, 15) is 0 Å². The largest absolute Gasteiger partial charge is 0.117 e. The van der Waals surface area contributed by atoms with Gasteiger partial charge in [0.15, 0.2) is 0 Å². The van der Waals surface area contributed by atoms with Crippen molar-refractivity contribution < 1.29 is 0 Å². The lowest BCUT2D eigenvalue weighted by atomic mass is 9.96. The van der Waals surface area contributed by atoms with Crippen molar-refractivity contribution in [1.29, 1.82) is 0 Å². The SMILES string of the molecule is CCCCC1=[C]C2=C(CCCC)C(CCCC)=CC2S1. The number of thioether (sulfide) groups is 1. The molecule has 1 heterocycles. The van der Waals surface area contributed by atoms with Crippen LogP contribution in [0.5, 0.6) is 0 Å². The number of fused-ring (bicyclic) bond motifs is 1. The van der Waals surface area contributed by atoms with Gasteiger partial charge in [0, 0.05) is 0 Å². The number of hydrogen-bond acceptors (Lipinski definition) is 1. The fourth-order valence-electron chi connectivity index (χ4n) is 2.99. The number of unbranched alkanes of at least 4 members (excludes halogenated alkanes) is 3. The highest BCUT2D eigenvalue weighted by Crippen LogP contribution is 2.47. The van der Waals surface area contributed by atoms with Crippen molar-refractivity contribution in [2.24, 2.45) is 0 Å². The lowest BCUT2D eigenvalue weighted by Crippen LogP contribution is -1.93. The van der Waals surface area contributed by atoms with Crippen LogP contribution in [0, 0.1) is 6.08 Å². The van der Waals surface area contributed by atoms with E-state index in [4.69, 9.17) is 0 Å². The van der Waals surface area contributed by atoms with E-state index in [-0.39, 0.29) is 0 Å². The molecular weight excluding hydrogens is 260 g/mol. The standard InChI is InChI=1S/C19H29S/c1-4-7-10-15-13-19-18(17(15)12-9-6-3)14-16(20-19)11-8-5-2/h13,19H,4-12H2,1-3H3. The lowest BCUT2D eigenvalue weighted by molar-refractivity contribution is 0.754. The van der Waals surface area contributed by atoms with Crippen molar-refractivity contribution in [1.82, 2.24) is 0 Å². The molecule has 20 heavy (non-hydrogen) atoms. The third-order valence-electron chi connectivity index (χ3n) is 4.23. The summed E-state index contributed by atoms with van der Waals surface area (Å²) < 4.78 is 0. The molecule has 0 N–H and O–H groups in total. The first-order valence-corrected chi connectivity index (χ1v) is 9.41. The molecule has 0 saturated carbocycles. The molecule has 1 radical (unpaired) electrons. The third-order valence-corrected chi connectivity index (χ3v) is 5.45. The molecule has 0 saturated heterocycles. The molecule has 2 rings (SSSR count). The fourth-order valence-corrected chi connectivity index (χ4v) is 4.28. The molecule has 0 amide bonds. The zero-order chi connectivity index (χ0) is 14.4. The Morgan fingerprint density at radius 1 is 0.950 bits per heavy atom. The van der Waals surface area contributed by atoms with E-state index in [0.717, 1.165) is 0 Å². The quantitative estimate of drug-likeness (QED) is 0.461. The maximum absolute atomic E-state index is 3.76. The summed E-state index contributed by atoms with van der Waals surface area (Å²) in [5.41, 5.74) is 4.85. The smallest absolute Gasteiger partial charge is 0.0536 e. The van der Waals surface area contributed by atoms with Gasteiger partial charge >= 0.3 is 0 Å². The molecule has 1 aliphatic carbocycles. The third kappa shape index (κ3) is 3.81. The Labute approximate surface area is 129 Å². The Morgan fingerprint density at radius 3 is 2.30 bits per heavy atom. The van der Waals surface area contributed by atoms with Crippen molar-refractivity contribution in [2.45, 2.75) is 83.8 Å². The molecule has 0 nitrogen and oxygen atoms in total. The van der Waals surface area contributed by atoms with Crippen LogP contribution in [0.4, 0.5) is 0 Å². The van der Waals surface area contributed by atoms with Crippen LogP contribution in [-0.4, -0.2) is 5.25 Å². The van der Waals surface area contributed by atoms with Gasteiger partial charge in [-0.25, -0.2) is 0 Å². The molecule has 1 unspecified atom stereocenters. The van der Waals surface area contributed by atoms with Gasteiger partial charge < -0.3 is 0 Å². The molecule has 1 heteroatoms. The van der Waals surface area contributed by atoms with E-state index in [0.29, 0.717) is 5.25 Å². The Hall–Kier alpha value is -0.430. The van der Waals surface area contributed by atoms with E-state index < -0.39 is 0 Å². The van der Waals surface area contributed by atoms with E-state index >= 15 is 0 Å². The molecule has 2 aliphatic rings. The highest BCUT2D eigenvalue weighted by atomic mass is 32.2. The zero-order valence-electron chi connectivity index (χ0n) is 13.4. The first kappa shape index (κ1) is 15.9. The van der Waals surface area contributed by atoms with E-state index in [2.05, 4.69) is 44.7 Å². The van der Waals surface area contributed by atoms with Crippen LogP contribution in [0.1, 0.15) is 78.6 Å². The summed E-state index contributed by atoms with van der Waals surface area (Å²) >= 11 is 2.07. The van der Waals surface area contributed by atoms with Gasteiger partial charge in [0.2, 0.25) is 0 Å². The van der Waals surface area contributed by atoms with Gasteiger partial charge in [-0.2, -0.15) is 0 Å². The Balaban J connectivity index is 2.10. The second kappa shape index (κ2) is 8.12. The van der Waals surface area contributed by atoms with Gasteiger partial charge in [-0.15, -0.1) is 11.8 Å². The Bertz CT molecular complexity index is 411. The predicted molar refractivity (Wildman–Crippen MR) is 91.8 cm³/mol. The second-order valence-electron chi connectivity index (χ2n) is 5.98. The first-order chi connectivity index (χ1) is 9.80. The second-order valence-corrected chi connectivity index (χ2v) is 7.22. The summed E-state index contributed by atoms with van der Waals surface area (Å²) in [6.45, 7) is 6.86. The maximum Gasteiger partial charge on any atom is 0.0536 e. The van der Waals surface area contributed by atoms with Crippen LogP contribution in [0.2, 0.25) is 0 Å². The van der Waals surface area contributed by atoms with E-state index in [1.165, 1.54) is 62.7 Å². The fraction of sp³-hybridized carbons (Fsp3) is 0.684. The van der Waals surface area contributed by atoms with Gasteiger partial charge in [0.05, 0.1) is 5.25 Å². The summed E-state index contributed by atoms with van der Waals surface area (Å²) in [6, 6.07) is 0. The summed E-state index contributed by atoms with van der Waals surface area (Å²) in [4.78, 5) is 1.51. The number of rotatable bonds is 9. The summed E-state index contributed by atoms with van der Waals surface area (Å²) in [7, 11) is 0. The van der Waals surface area contributed by atoms with Gasteiger partial charge in [-0.3, -0.25) is 0 Å². The van der Waals surface area contributed by atoms with Gasteiger partial charge in [0.1, 0.15) is 0 Å². The molecular formula is C19H29S. The molecule has 111 valence electrons. The Morgan fingerprint density at radius 2 is 1.60 bits per heavy atom. The first-order valence-electron chi connectivity index (χ1n) is 8.53. The molecule has 0 bridgehead atoms. The van der Waals surface area contributed by atoms with Crippen LogP contribution in [0.25, 0.3) is 0 Å². The molecule has 0 aromatic rings. The summed E-state index contributed by atoms with van der Waals surface area (Å²) in [6.07, 6.45) is 17.9. The van der Waals surface area contributed by atoms with Crippen LogP contribution >= 0.6 is 11.8 Å². The molecule has 1 atom stereocenters. The Kier molecular flexibility index (Phi) is 6.48. The molecule has 0 spiro atoms. The molecule has 1 aliphatic heterocycles. The van der Waals surface area contributed by atoms with Gasteiger partial charge in [-0.05, 0) is 66.2 Å². The van der Waals surface area contributed by atoms with Crippen molar-refractivity contribution in [3.63, 3.8) is 0 Å². The minimum Gasteiger partial charge on any atom is -0.117 e. The van der Waals surface area contributed by atoms with Crippen LogP contribution in [0.3, 0.4) is 0 Å². The number of allylic oxidation sites excluding steroid dienone is 4.